The summed E-state index contributed by atoms with van der Waals surface area (Å²) in [5.41, 5.74) is 4.55. The van der Waals surface area contributed by atoms with Gasteiger partial charge in [0.15, 0.2) is 0 Å². The van der Waals surface area contributed by atoms with Gasteiger partial charge in [-0.15, -0.1) is 0 Å². The van der Waals surface area contributed by atoms with Gasteiger partial charge in [-0.05, 0) is 57.6 Å². The van der Waals surface area contributed by atoms with Gasteiger partial charge in [-0.25, -0.2) is 0 Å². The maximum Gasteiger partial charge on any atom is 0.106 e. The zero-order chi connectivity index (χ0) is 18.1. The van der Waals surface area contributed by atoms with Gasteiger partial charge in [0.05, 0.1) is 0 Å². The molecular formula is C19H34O3. The lowest BCUT2D eigenvalue weighted by molar-refractivity contribution is -0.0987. The van der Waals surface area contributed by atoms with Crippen LogP contribution >= 0.6 is 0 Å². The number of carbonyl (C=O) groups is 2. The van der Waals surface area contributed by atoms with Crippen molar-refractivity contribution in [3.63, 3.8) is 0 Å². The SMILES string of the molecule is C=O.C=O.CC.CC1=C(C)C(C)C(C)C2=C1CCC(C)(C)O2. The predicted octanol–water partition coefficient (Wildman–Crippen LogP) is 5.11. The Hall–Kier alpha value is -1.38. The van der Waals surface area contributed by atoms with E-state index < -0.39 is 0 Å². The molecule has 22 heavy (non-hydrogen) atoms. The number of hydrogen-bond donors (Lipinski definition) is 0. The molecule has 0 radical (unpaired) electrons. The minimum absolute atomic E-state index is 0.0261. The molecule has 2 rings (SSSR count). The summed E-state index contributed by atoms with van der Waals surface area (Å²) in [7, 11) is 0. The lowest BCUT2D eigenvalue weighted by Gasteiger charge is -2.42. The van der Waals surface area contributed by atoms with Crippen LogP contribution in [0.25, 0.3) is 0 Å². The highest BCUT2D eigenvalue weighted by Gasteiger charge is 2.36. The van der Waals surface area contributed by atoms with Crippen molar-refractivity contribution in [1.82, 2.24) is 0 Å². The van der Waals surface area contributed by atoms with E-state index in [9.17, 15) is 0 Å². The monoisotopic (exact) mass is 310 g/mol. The second kappa shape index (κ2) is 10.4. The molecule has 0 aromatic rings. The third-order valence-electron chi connectivity index (χ3n) is 4.55. The third-order valence-corrected chi connectivity index (χ3v) is 4.55. The van der Waals surface area contributed by atoms with Crippen LogP contribution in [0, 0.1) is 11.8 Å². The molecule has 0 N–H and O–H groups in total. The molecule has 3 heteroatoms. The fourth-order valence-electron chi connectivity index (χ4n) is 2.88. The first-order valence-electron chi connectivity index (χ1n) is 8.01. The van der Waals surface area contributed by atoms with E-state index >= 15 is 0 Å². The van der Waals surface area contributed by atoms with Gasteiger partial charge in [0.1, 0.15) is 24.9 Å². The molecule has 1 heterocycles. The lowest BCUT2D eigenvalue weighted by atomic mass is 9.74. The van der Waals surface area contributed by atoms with Crippen LogP contribution in [0.1, 0.15) is 68.2 Å². The maximum atomic E-state index is 8.00. The molecule has 2 unspecified atom stereocenters. The second-order valence-electron chi connectivity index (χ2n) is 6.09. The first-order valence-corrected chi connectivity index (χ1v) is 8.01. The zero-order valence-electron chi connectivity index (χ0n) is 15.7. The Balaban J connectivity index is 0. The van der Waals surface area contributed by atoms with Crippen molar-refractivity contribution in [2.75, 3.05) is 0 Å². The van der Waals surface area contributed by atoms with Gasteiger partial charge < -0.3 is 14.3 Å². The molecule has 0 aromatic carbocycles. The van der Waals surface area contributed by atoms with E-state index in [1.54, 1.807) is 5.57 Å². The molecule has 0 aromatic heterocycles. The van der Waals surface area contributed by atoms with E-state index in [1.165, 1.54) is 23.3 Å². The number of hydrogen-bond acceptors (Lipinski definition) is 3. The van der Waals surface area contributed by atoms with E-state index in [1.807, 2.05) is 27.4 Å². The highest BCUT2D eigenvalue weighted by atomic mass is 16.5. The Morgan fingerprint density at radius 2 is 1.45 bits per heavy atom. The van der Waals surface area contributed by atoms with Crippen LogP contribution in [0.3, 0.4) is 0 Å². The Morgan fingerprint density at radius 1 is 1.00 bits per heavy atom. The lowest BCUT2D eigenvalue weighted by Crippen LogP contribution is -2.34. The normalized spacial score (nSPS) is 25.1. The number of carbonyl (C=O) groups excluding carboxylic acids is 2. The predicted molar refractivity (Wildman–Crippen MR) is 93.7 cm³/mol. The van der Waals surface area contributed by atoms with E-state index in [2.05, 4.69) is 41.5 Å². The number of rotatable bonds is 0. The van der Waals surface area contributed by atoms with Gasteiger partial charge in [0.25, 0.3) is 0 Å². The van der Waals surface area contributed by atoms with Crippen LogP contribution in [-0.2, 0) is 14.3 Å². The van der Waals surface area contributed by atoms with E-state index in [4.69, 9.17) is 14.3 Å². The van der Waals surface area contributed by atoms with Crippen molar-refractivity contribution in [1.29, 1.82) is 0 Å². The van der Waals surface area contributed by atoms with Crippen molar-refractivity contribution in [3.05, 3.63) is 22.5 Å². The zero-order valence-corrected chi connectivity index (χ0v) is 15.7. The fourth-order valence-corrected chi connectivity index (χ4v) is 2.88. The van der Waals surface area contributed by atoms with Crippen LogP contribution in [-0.4, -0.2) is 19.2 Å². The van der Waals surface area contributed by atoms with Gasteiger partial charge in [-0.2, -0.15) is 0 Å². The molecule has 1 aliphatic heterocycles. The van der Waals surface area contributed by atoms with E-state index in [0.29, 0.717) is 11.8 Å². The van der Waals surface area contributed by atoms with Crippen molar-refractivity contribution in [2.24, 2.45) is 11.8 Å². The molecule has 0 bridgehead atoms. The standard InChI is InChI=1S/C15H24O.C2H6.2CH2O/c1-9-10(2)12(4)14-13(11(9)3)7-8-15(5,6)16-14;3*1-2/h10,12H,7-8H2,1-6H3;1-2H3;2*1H2. The first kappa shape index (κ1) is 22.9. The van der Waals surface area contributed by atoms with Crippen molar-refractivity contribution < 1.29 is 14.3 Å². The van der Waals surface area contributed by atoms with Crippen LogP contribution in [0.15, 0.2) is 22.5 Å². The topological polar surface area (TPSA) is 43.4 Å². The largest absolute Gasteiger partial charge is 0.492 e. The quantitative estimate of drug-likeness (QED) is 0.624. The Morgan fingerprint density at radius 3 is 1.91 bits per heavy atom. The summed E-state index contributed by atoms with van der Waals surface area (Å²) in [5, 5.41) is 0. The molecule has 0 saturated carbocycles. The summed E-state index contributed by atoms with van der Waals surface area (Å²) < 4.78 is 6.22. The second-order valence-corrected chi connectivity index (χ2v) is 6.09. The molecule has 1 aliphatic carbocycles. The first-order chi connectivity index (χ1) is 10.3. The van der Waals surface area contributed by atoms with Gasteiger partial charge >= 0.3 is 0 Å². The highest BCUT2D eigenvalue weighted by molar-refractivity contribution is 5.42. The highest BCUT2D eigenvalue weighted by Crippen LogP contribution is 2.45. The molecule has 2 atom stereocenters. The number of allylic oxidation sites excluding steroid dienone is 4. The molecular weight excluding hydrogens is 276 g/mol. The van der Waals surface area contributed by atoms with Gasteiger partial charge in [0.2, 0.25) is 0 Å². The van der Waals surface area contributed by atoms with Crippen LogP contribution in [0.2, 0.25) is 0 Å². The van der Waals surface area contributed by atoms with Crippen molar-refractivity contribution in [2.45, 2.75) is 73.8 Å². The summed E-state index contributed by atoms with van der Waals surface area (Å²) in [4.78, 5) is 16.0. The van der Waals surface area contributed by atoms with Crippen LogP contribution in [0.5, 0.6) is 0 Å². The minimum atomic E-state index is 0.0261. The summed E-state index contributed by atoms with van der Waals surface area (Å²) in [6.07, 6.45) is 2.32. The molecule has 0 amide bonds. The summed E-state index contributed by atoms with van der Waals surface area (Å²) in [5.74, 6) is 2.43. The van der Waals surface area contributed by atoms with Gasteiger partial charge in [-0.1, -0.05) is 33.3 Å². The number of ether oxygens (including phenoxy) is 1. The summed E-state index contributed by atoms with van der Waals surface area (Å²) in [6, 6.07) is 0. The molecule has 3 nitrogen and oxygen atoms in total. The molecule has 0 saturated heterocycles. The van der Waals surface area contributed by atoms with Crippen LogP contribution in [0.4, 0.5) is 0 Å². The molecule has 0 spiro atoms. The fraction of sp³-hybridized carbons (Fsp3) is 0.684. The summed E-state index contributed by atoms with van der Waals surface area (Å²) >= 11 is 0. The third kappa shape index (κ3) is 5.11. The van der Waals surface area contributed by atoms with Gasteiger partial charge in [-0.3, -0.25) is 0 Å². The van der Waals surface area contributed by atoms with E-state index in [-0.39, 0.29) is 5.60 Å². The Labute approximate surface area is 136 Å². The van der Waals surface area contributed by atoms with Crippen molar-refractivity contribution >= 4 is 13.6 Å². The molecule has 2 aliphatic rings. The van der Waals surface area contributed by atoms with Crippen LogP contribution < -0.4 is 0 Å². The minimum Gasteiger partial charge on any atom is -0.492 e. The summed E-state index contributed by atoms with van der Waals surface area (Å²) in [6.45, 7) is 21.6. The Bertz CT molecular complexity index is 403. The average molecular weight is 310 g/mol. The molecule has 0 fully saturated rings. The van der Waals surface area contributed by atoms with Crippen molar-refractivity contribution in [3.8, 4) is 0 Å². The van der Waals surface area contributed by atoms with E-state index in [0.717, 1.165) is 6.42 Å². The maximum absolute atomic E-state index is 8.00. The average Bonchev–Trinajstić information content (AvgIpc) is 2.56. The molecule has 128 valence electrons. The smallest absolute Gasteiger partial charge is 0.106 e. The Kier molecular flexibility index (Phi) is 10.8. The van der Waals surface area contributed by atoms with Gasteiger partial charge in [0, 0.05) is 5.92 Å².